The Labute approximate surface area is 111 Å². The van der Waals surface area contributed by atoms with Gasteiger partial charge in [0.05, 0.1) is 0 Å². The van der Waals surface area contributed by atoms with Crippen molar-refractivity contribution in [1.82, 2.24) is 4.72 Å². The largest absolute Gasteiger partial charge is 0.478 e. The average molecular weight is 285 g/mol. The number of furan rings is 1. The molecule has 0 aliphatic heterocycles. The molecule has 0 aliphatic rings. The summed E-state index contributed by atoms with van der Waals surface area (Å²) in [4.78, 5) is 10.8. The van der Waals surface area contributed by atoms with Gasteiger partial charge in [-0.05, 0) is 20.3 Å². The molecule has 0 saturated heterocycles. The van der Waals surface area contributed by atoms with Gasteiger partial charge in [0.25, 0.3) is 0 Å². The van der Waals surface area contributed by atoms with Crippen LogP contribution in [-0.2, 0) is 10.0 Å². The zero-order chi connectivity index (χ0) is 14.6. The molecule has 1 heterocycles. The molecule has 0 radical (unpaired) electrons. The van der Waals surface area contributed by atoms with Gasteiger partial charge in [-0.25, -0.2) is 17.9 Å². The zero-order valence-corrected chi connectivity index (χ0v) is 11.5. The molecule has 0 bridgehead atoms. The number of nitrogens with one attached hydrogen (secondary N) is 1. The maximum Gasteiger partial charge on any atom is 0.340 e. The number of carbonyl (C=O) groups is 1. The number of aromatic carboxylic acids is 1. The Balaban J connectivity index is 3.08. The first-order chi connectivity index (χ1) is 8.81. The normalized spacial score (nSPS) is 11.2. The van der Waals surface area contributed by atoms with Crippen LogP contribution < -0.4 is 4.72 Å². The number of sulfonamides is 1. The lowest BCUT2D eigenvalue weighted by atomic mass is 10.2. The number of hydrogen-bond donors (Lipinski definition) is 2. The van der Waals surface area contributed by atoms with E-state index in [2.05, 4.69) is 10.6 Å². The minimum Gasteiger partial charge on any atom is -0.478 e. The minimum atomic E-state index is -3.92. The average Bonchev–Trinajstić information content (AvgIpc) is 2.60. The molecule has 0 fully saturated rings. The van der Waals surface area contributed by atoms with Gasteiger partial charge in [0.15, 0.2) is 0 Å². The summed E-state index contributed by atoms with van der Waals surface area (Å²) in [5, 5.41) is 9.05. The Morgan fingerprint density at radius 1 is 1.42 bits per heavy atom. The van der Waals surface area contributed by atoms with Crippen LogP contribution in [0.1, 0.15) is 34.7 Å². The molecule has 7 heteroatoms. The third-order valence-electron chi connectivity index (χ3n) is 2.48. The van der Waals surface area contributed by atoms with E-state index in [0.29, 0.717) is 12.8 Å². The van der Waals surface area contributed by atoms with Gasteiger partial charge in [-0.3, -0.25) is 0 Å². The van der Waals surface area contributed by atoms with E-state index in [0.717, 1.165) is 0 Å². The number of unbranched alkanes of at least 4 members (excludes halogenated alkanes) is 1. The van der Waals surface area contributed by atoms with Crippen molar-refractivity contribution in [3.63, 3.8) is 0 Å². The summed E-state index contributed by atoms with van der Waals surface area (Å²) < 4.78 is 31.5. The number of rotatable bonds is 6. The number of carboxylic acids is 1. The van der Waals surface area contributed by atoms with Crippen LogP contribution in [0.3, 0.4) is 0 Å². The lowest BCUT2D eigenvalue weighted by Gasteiger charge is -2.05. The second-order valence-electron chi connectivity index (χ2n) is 3.93. The summed E-state index contributed by atoms with van der Waals surface area (Å²) in [6, 6.07) is 0. The zero-order valence-electron chi connectivity index (χ0n) is 10.7. The lowest BCUT2D eigenvalue weighted by Crippen LogP contribution is -2.26. The first kappa shape index (κ1) is 15.3. The topological polar surface area (TPSA) is 96.6 Å². The fourth-order valence-corrected chi connectivity index (χ4v) is 3.18. The number of aryl methyl sites for hydroxylation is 2. The van der Waals surface area contributed by atoms with Crippen LogP contribution in [0.5, 0.6) is 0 Å². The quantitative estimate of drug-likeness (QED) is 0.606. The monoisotopic (exact) mass is 285 g/mol. The maximum absolute atomic E-state index is 12.1. The van der Waals surface area contributed by atoms with Crippen LogP contribution in [0.2, 0.25) is 0 Å². The summed E-state index contributed by atoms with van der Waals surface area (Å²) in [5.41, 5.74) is -0.332. The van der Waals surface area contributed by atoms with Crippen LogP contribution in [0, 0.1) is 26.2 Å². The molecule has 1 aromatic heterocycles. The molecule has 0 amide bonds. The highest BCUT2D eigenvalue weighted by Crippen LogP contribution is 2.26. The fraction of sp³-hybridized carbons (Fsp3) is 0.417. The van der Waals surface area contributed by atoms with E-state index in [4.69, 9.17) is 15.9 Å². The Morgan fingerprint density at radius 2 is 2.05 bits per heavy atom. The Hall–Kier alpha value is -1.78. The SMILES string of the molecule is C#CCCCNS(=O)(=O)c1c(C)oc(C)c1C(=O)O. The second-order valence-corrected chi connectivity index (χ2v) is 5.63. The molecule has 0 aromatic carbocycles. The third-order valence-corrected chi connectivity index (χ3v) is 4.09. The van der Waals surface area contributed by atoms with Crippen molar-refractivity contribution in [2.24, 2.45) is 0 Å². The number of terminal acetylenes is 1. The van der Waals surface area contributed by atoms with E-state index in [1.54, 1.807) is 0 Å². The molecule has 1 rings (SSSR count). The van der Waals surface area contributed by atoms with Crippen molar-refractivity contribution in [1.29, 1.82) is 0 Å². The molecule has 1 aromatic rings. The predicted octanol–water partition coefficient (Wildman–Crippen LogP) is 1.29. The van der Waals surface area contributed by atoms with E-state index in [9.17, 15) is 13.2 Å². The standard InChI is InChI=1S/C12H15NO5S/c1-4-5-6-7-13-19(16,17)11-9(3)18-8(2)10(11)12(14)15/h1,13H,5-7H2,2-3H3,(H,14,15). The van der Waals surface area contributed by atoms with Crippen molar-refractivity contribution < 1.29 is 22.7 Å². The summed E-state index contributed by atoms with van der Waals surface area (Å²) in [5.74, 6) is 1.18. The third kappa shape index (κ3) is 3.36. The van der Waals surface area contributed by atoms with Gasteiger partial charge in [0, 0.05) is 13.0 Å². The van der Waals surface area contributed by atoms with Crippen LogP contribution >= 0.6 is 0 Å². The van der Waals surface area contributed by atoms with Crippen LogP contribution in [-0.4, -0.2) is 26.0 Å². The van der Waals surface area contributed by atoms with E-state index in [1.165, 1.54) is 13.8 Å². The molecule has 0 unspecified atom stereocenters. The van der Waals surface area contributed by atoms with Crippen LogP contribution in [0.25, 0.3) is 0 Å². The van der Waals surface area contributed by atoms with Gasteiger partial charge >= 0.3 is 5.97 Å². The number of hydrogen-bond acceptors (Lipinski definition) is 4. The van der Waals surface area contributed by atoms with Crippen molar-refractivity contribution in [3.05, 3.63) is 17.1 Å². The van der Waals surface area contributed by atoms with E-state index >= 15 is 0 Å². The fourth-order valence-electron chi connectivity index (χ4n) is 1.70. The maximum atomic E-state index is 12.1. The van der Waals surface area contributed by atoms with E-state index < -0.39 is 16.0 Å². The molecule has 2 N–H and O–H groups in total. The van der Waals surface area contributed by atoms with Gasteiger partial charge in [-0.15, -0.1) is 12.3 Å². The molecule has 0 spiro atoms. The smallest absolute Gasteiger partial charge is 0.340 e. The van der Waals surface area contributed by atoms with Crippen molar-refractivity contribution in [3.8, 4) is 12.3 Å². The van der Waals surface area contributed by atoms with Gasteiger partial charge in [0.2, 0.25) is 10.0 Å². The highest BCUT2D eigenvalue weighted by Gasteiger charge is 2.30. The molecule has 104 valence electrons. The van der Waals surface area contributed by atoms with Crippen molar-refractivity contribution >= 4 is 16.0 Å². The van der Waals surface area contributed by atoms with Gasteiger partial charge in [-0.1, -0.05) is 0 Å². The summed E-state index contributed by atoms with van der Waals surface area (Å²) in [6.07, 6.45) is 5.98. The van der Waals surface area contributed by atoms with Gasteiger partial charge in [-0.2, -0.15) is 0 Å². The highest BCUT2D eigenvalue weighted by molar-refractivity contribution is 7.89. The summed E-state index contributed by atoms with van der Waals surface area (Å²) in [7, 11) is -3.92. The molecule has 19 heavy (non-hydrogen) atoms. The predicted molar refractivity (Wildman–Crippen MR) is 68.4 cm³/mol. The van der Waals surface area contributed by atoms with E-state index in [-0.39, 0.29) is 28.5 Å². The Kier molecular flexibility index (Phi) is 4.75. The van der Waals surface area contributed by atoms with Crippen LogP contribution in [0.4, 0.5) is 0 Å². The van der Waals surface area contributed by atoms with Gasteiger partial charge < -0.3 is 9.52 Å². The first-order valence-corrected chi connectivity index (χ1v) is 7.06. The Bertz CT molecular complexity index is 621. The highest BCUT2D eigenvalue weighted by atomic mass is 32.2. The van der Waals surface area contributed by atoms with Crippen molar-refractivity contribution in [2.45, 2.75) is 31.6 Å². The molecule has 0 aliphatic carbocycles. The summed E-state index contributed by atoms with van der Waals surface area (Å²) in [6.45, 7) is 2.97. The molecular formula is C12H15NO5S. The molecule has 6 nitrogen and oxygen atoms in total. The number of carboxylic acid groups (broad SMARTS) is 1. The Morgan fingerprint density at radius 3 is 2.58 bits per heavy atom. The lowest BCUT2D eigenvalue weighted by molar-refractivity contribution is 0.0691. The van der Waals surface area contributed by atoms with Crippen LogP contribution in [0.15, 0.2) is 9.31 Å². The van der Waals surface area contributed by atoms with E-state index in [1.807, 2.05) is 0 Å². The minimum absolute atomic E-state index is 0.0550. The van der Waals surface area contributed by atoms with Crippen molar-refractivity contribution in [2.75, 3.05) is 6.54 Å². The molecule has 0 saturated carbocycles. The molecule has 0 atom stereocenters. The first-order valence-electron chi connectivity index (χ1n) is 5.57. The summed E-state index contributed by atoms with van der Waals surface area (Å²) >= 11 is 0. The molecular weight excluding hydrogens is 270 g/mol. The second kappa shape index (κ2) is 5.91. The van der Waals surface area contributed by atoms with Gasteiger partial charge in [0.1, 0.15) is 22.0 Å².